The maximum atomic E-state index is 16.0. The van der Waals surface area contributed by atoms with Gasteiger partial charge in [0.25, 0.3) is 5.91 Å². The molecule has 0 saturated heterocycles. The lowest BCUT2D eigenvalue weighted by molar-refractivity contribution is -0.0562. The van der Waals surface area contributed by atoms with Crippen molar-refractivity contribution in [1.29, 1.82) is 5.26 Å². The van der Waals surface area contributed by atoms with Gasteiger partial charge in [-0.1, -0.05) is 42.8 Å². The first-order valence-corrected chi connectivity index (χ1v) is 12.3. The van der Waals surface area contributed by atoms with Crippen molar-refractivity contribution in [1.82, 2.24) is 14.5 Å². The number of aliphatic hydroxyl groups is 2. The van der Waals surface area contributed by atoms with E-state index in [1.54, 1.807) is 73.3 Å². The summed E-state index contributed by atoms with van der Waals surface area (Å²) in [5, 5.41) is 33.3. The molecule has 1 amide bonds. The molecular formula is C29H24ClFN4O3. The zero-order chi connectivity index (χ0) is 27.2. The minimum Gasteiger partial charge on any atom is -0.379 e. The van der Waals surface area contributed by atoms with Crippen LogP contribution in [0.15, 0.2) is 73.2 Å². The first-order valence-electron chi connectivity index (χ1n) is 12.0. The molecule has 9 heteroatoms. The van der Waals surface area contributed by atoms with E-state index in [4.69, 9.17) is 16.9 Å². The quantitative estimate of drug-likeness (QED) is 0.380. The first kappa shape index (κ1) is 25.6. The highest BCUT2D eigenvalue weighted by molar-refractivity contribution is 6.30. The molecule has 0 aliphatic carbocycles. The van der Waals surface area contributed by atoms with E-state index < -0.39 is 23.1 Å². The van der Waals surface area contributed by atoms with Gasteiger partial charge in [-0.25, -0.2) is 9.37 Å². The number of aryl methyl sites for hydroxylation is 1. The number of hydrogen-bond donors (Lipinski definition) is 2. The predicted molar refractivity (Wildman–Crippen MR) is 138 cm³/mol. The normalized spacial score (nSPS) is 18.2. The van der Waals surface area contributed by atoms with Crippen molar-refractivity contribution in [3.63, 3.8) is 0 Å². The molecule has 2 atom stereocenters. The minimum atomic E-state index is -2.15. The number of benzene rings is 3. The van der Waals surface area contributed by atoms with Gasteiger partial charge in [0.1, 0.15) is 11.4 Å². The summed E-state index contributed by atoms with van der Waals surface area (Å²) >= 11 is 6.07. The van der Waals surface area contributed by atoms with Gasteiger partial charge in [0.05, 0.1) is 34.8 Å². The third-order valence-corrected chi connectivity index (χ3v) is 7.35. The highest BCUT2D eigenvalue weighted by Crippen LogP contribution is 2.46. The monoisotopic (exact) mass is 530 g/mol. The van der Waals surface area contributed by atoms with Gasteiger partial charge in [-0.2, -0.15) is 5.26 Å². The molecule has 0 spiro atoms. The number of amides is 1. The lowest BCUT2D eigenvalue weighted by Gasteiger charge is -2.35. The number of imidazole rings is 1. The Morgan fingerprint density at radius 1 is 1.16 bits per heavy atom. The Labute approximate surface area is 224 Å². The van der Waals surface area contributed by atoms with Gasteiger partial charge in [-0.3, -0.25) is 9.69 Å². The van der Waals surface area contributed by atoms with Crippen LogP contribution in [0.2, 0.25) is 5.02 Å². The zero-order valence-electron chi connectivity index (χ0n) is 20.7. The van der Waals surface area contributed by atoms with E-state index in [-0.39, 0.29) is 35.2 Å². The second kappa shape index (κ2) is 9.37. The molecule has 38 heavy (non-hydrogen) atoms. The van der Waals surface area contributed by atoms with Crippen LogP contribution < -0.4 is 0 Å². The fraction of sp³-hybridized carbons (Fsp3) is 0.207. The standard InChI is InChI=1S/C29H24ClFN4O3/c1-3-28(37,25-16-34(2)17-33-25)21-12-23-26(24(31)13-21)29(38,20-8-10-22(30)11-9-20)35(27(23)36)15-19-6-4-18(14-32)5-7-19/h4-13,16-17,37-38H,3,15H2,1-2H3/t28?,29-/m1/s1. The summed E-state index contributed by atoms with van der Waals surface area (Å²) in [5.41, 5.74) is -2.27. The Balaban J connectivity index is 1.69. The van der Waals surface area contributed by atoms with Crippen molar-refractivity contribution < 1.29 is 19.4 Å². The third-order valence-electron chi connectivity index (χ3n) is 7.09. The topological polar surface area (TPSA) is 102 Å². The Bertz CT molecular complexity index is 1580. The number of carbonyl (C=O) groups is 1. The Hall–Kier alpha value is -4.03. The van der Waals surface area contributed by atoms with Gasteiger partial charge >= 0.3 is 0 Å². The third kappa shape index (κ3) is 3.96. The number of nitrogens with zero attached hydrogens (tertiary/aromatic N) is 4. The molecule has 0 radical (unpaired) electrons. The maximum Gasteiger partial charge on any atom is 0.257 e. The molecule has 2 heterocycles. The molecule has 2 N–H and O–H groups in total. The summed E-state index contributed by atoms with van der Waals surface area (Å²) in [7, 11) is 1.76. The van der Waals surface area contributed by atoms with E-state index in [0.717, 1.165) is 6.07 Å². The Morgan fingerprint density at radius 2 is 1.84 bits per heavy atom. The average Bonchev–Trinajstić information content (AvgIpc) is 3.45. The van der Waals surface area contributed by atoms with E-state index in [9.17, 15) is 15.0 Å². The van der Waals surface area contributed by atoms with Crippen LogP contribution in [0.1, 0.15) is 57.2 Å². The van der Waals surface area contributed by atoms with Crippen molar-refractivity contribution >= 4 is 17.5 Å². The summed E-state index contributed by atoms with van der Waals surface area (Å²) < 4.78 is 17.7. The van der Waals surface area contributed by atoms with Crippen molar-refractivity contribution in [3.8, 4) is 6.07 Å². The minimum absolute atomic E-state index is 0.0612. The lowest BCUT2D eigenvalue weighted by atomic mass is 9.84. The van der Waals surface area contributed by atoms with Crippen LogP contribution in [0.25, 0.3) is 0 Å². The van der Waals surface area contributed by atoms with E-state index in [1.165, 1.54) is 17.3 Å². The molecule has 4 aromatic rings. The van der Waals surface area contributed by atoms with Crippen molar-refractivity contribution in [3.05, 3.63) is 123 Å². The largest absolute Gasteiger partial charge is 0.379 e. The van der Waals surface area contributed by atoms with E-state index in [0.29, 0.717) is 21.8 Å². The van der Waals surface area contributed by atoms with Crippen LogP contribution in [0.5, 0.6) is 0 Å². The van der Waals surface area contributed by atoms with Crippen molar-refractivity contribution in [2.45, 2.75) is 31.2 Å². The first-order chi connectivity index (χ1) is 18.1. The SMILES string of the molecule is CCC(O)(c1cc(F)c2c(c1)C(=O)N(Cc1ccc(C#N)cc1)[C@@]2(O)c1ccc(Cl)cc1)c1cn(C)cn1. The molecule has 7 nitrogen and oxygen atoms in total. The number of nitriles is 1. The number of aromatic nitrogens is 2. The number of hydrogen-bond acceptors (Lipinski definition) is 5. The highest BCUT2D eigenvalue weighted by atomic mass is 35.5. The van der Waals surface area contributed by atoms with Crippen LogP contribution in [0.4, 0.5) is 4.39 Å². The molecule has 0 saturated carbocycles. The highest BCUT2D eigenvalue weighted by Gasteiger charge is 2.52. The van der Waals surface area contributed by atoms with Gasteiger partial charge in [-0.15, -0.1) is 0 Å². The van der Waals surface area contributed by atoms with Gasteiger partial charge in [0, 0.05) is 30.4 Å². The van der Waals surface area contributed by atoms with Crippen LogP contribution in [-0.2, 0) is 24.9 Å². The van der Waals surface area contributed by atoms with Crippen LogP contribution in [0, 0.1) is 17.1 Å². The Kier molecular flexibility index (Phi) is 6.32. The van der Waals surface area contributed by atoms with E-state index in [2.05, 4.69) is 4.98 Å². The van der Waals surface area contributed by atoms with Gasteiger partial charge in [-0.05, 0) is 53.9 Å². The number of carbonyl (C=O) groups excluding carboxylic acids is 1. The second-order valence-electron chi connectivity index (χ2n) is 9.40. The predicted octanol–water partition coefficient (Wildman–Crippen LogP) is 4.58. The molecule has 192 valence electrons. The second-order valence-corrected chi connectivity index (χ2v) is 9.83. The molecule has 1 unspecified atom stereocenters. The fourth-order valence-electron chi connectivity index (χ4n) is 4.99. The number of fused-ring (bicyclic) bond motifs is 1. The Morgan fingerprint density at radius 3 is 2.42 bits per heavy atom. The van der Waals surface area contributed by atoms with Crippen LogP contribution in [0.3, 0.4) is 0 Å². The molecule has 0 bridgehead atoms. The molecule has 1 aliphatic heterocycles. The van der Waals surface area contributed by atoms with Crippen molar-refractivity contribution in [2.75, 3.05) is 0 Å². The van der Waals surface area contributed by atoms with E-state index in [1.807, 2.05) is 6.07 Å². The van der Waals surface area contributed by atoms with Gasteiger partial charge in [0.15, 0.2) is 5.72 Å². The van der Waals surface area contributed by atoms with Gasteiger partial charge < -0.3 is 14.8 Å². The molecule has 3 aromatic carbocycles. The molecule has 5 rings (SSSR count). The summed E-state index contributed by atoms with van der Waals surface area (Å²) in [6, 6.07) is 17.4. The average molecular weight is 531 g/mol. The lowest BCUT2D eigenvalue weighted by Crippen LogP contribution is -2.44. The summed E-state index contributed by atoms with van der Waals surface area (Å²) in [6.45, 7) is 1.67. The molecule has 1 aromatic heterocycles. The summed E-state index contributed by atoms with van der Waals surface area (Å²) in [6.07, 6.45) is 3.34. The molecule has 1 aliphatic rings. The van der Waals surface area contributed by atoms with Crippen molar-refractivity contribution in [2.24, 2.45) is 7.05 Å². The van der Waals surface area contributed by atoms with Crippen LogP contribution >= 0.6 is 11.6 Å². The molecule has 0 fully saturated rings. The fourth-order valence-corrected chi connectivity index (χ4v) is 5.12. The smallest absolute Gasteiger partial charge is 0.257 e. The number of halogens is 2. The van der Waals surface area contributed by atoms with Crippen LogP contribution in [-0.4, -0.2) is 30.6 Å². The zero-order valence-corrected chi connectivity index (χ0v) is 21.4. The molecular weight excluding hydrogens is 507 g/mol. The van der Waals surface area contributed by atoms with E-state index >= 15 is 4.39 Å². The van der Waals surface area contributed by atoms with Gasteiger partial charge in [0.2, 0.25) is 0 Å². The summed E-state index contributed by atoms with van der Waals surface area (Å²) in [4.78, 5) is 19.3. The maximum absolute atomic E-state index is 16.0. The number of rotatable bonds is 6. The summed E-state index contributed by atoms with van der Waals surface area (Å²) in [5.74, 6) is -1.45.